The van der Waals surface area contributed by atoms with Gasteiger partial charge in [-0.3, -0.25) is 0 Å². The summed E-state index contributed by atoms with van der Waals surface area (Å²) in [5.74, 6) is 0.746. The van der Waals surface area contributed by atoms with Gasteiger partial charge in [-0.25, -0.2) is 9.37 Å². The summed E-state index contributed by atoms with van der Waals surface area (Å²) >= 11 is 0. The number of halogens is 1. The second-order valence-corrected chi connectivity index (χ2v) is 5.42. The normalized spacial score (nSPS) is 12.4. The van der Waals surface area contributed by atoms with E-state index in [1.54, 1.807) is 12.3 Å². The van der Waals surface area contributed by atoms with Gasteiger partial charge in [0.1, 0.15) is 11.6 Å². The molecule has 2 aromatic rings. The maximum Gasteiger partial charge on any atom is 0.128 e. The number of imidazole rings is 1. The van der Waals surface area contributed by atoms with E-state index in [4.69, 9.17) is 5.73 Å². The molecule has 0 saturated carbocycles. The van der Waals surface area contributed by atoms with Gasteiger partial charge in [0, 0.05) is 43.8 Å². The minimum atomic E-state index is -0.192. The number of nitrogens with zero attached hydrogens (tertiary/aromatic N) is 3. The summed E-state index contributed by atoms with van der Waals surface area (Å²) in [6.45, 7) is 2.64. The fourth-order valence-corrected chi connectivity index (χ4v) is 2.36. The van der Waals surface area contributed by atoms with Gasteiger partial charge in [0.2, 0.25) is 0 Å². The fraction of sp³-hybridized carbons (Fsp3) is 0.438. The zero-order valence-electron chi connectivity index (χ0n) is 12.9. The molecule has 0 fully saturated rings. The van der Waals surface area contributed by atoms with E-state index in [9.17, 15) is 4.39 Å². The van der Waals surface area contributed by atoms with Crippen LogP contribution in [-0.4, -0.2) is 22.6 Å². The van der Waals surface area contributed by atoms with E-state index in [1.807, 2.05) is 42.7 Å². The summed E-state index contributed by atoms with van der Waals surface area (Å²) in [6, 6.07) is 5.14. The molecule has 0 saturated heterocycles. The number of rotatable bonds is 6. The Labute approximate surface area is 125 Å². The topological polar surface area (TPSA) is 47.1 Å². The first-order chi connectivity index (χ1) is 10.0. The molecule has 1 atom stereocenters. The molecule has 1 aromatic carbocycles. The molecule has 0 aliphatic rings. The van der Waals surface area contributed by atoms with Crippen LogP contribution < -0.4 is 10.6 Å². The van der Waals surface area contributed by atoms with Crippen molar-refractivity contribution in [2.75, 3.05) is 11.9 Å². The highest BCUT2D eigenvalue weighted by atomic mass is 19.1. The van der Waals surface area contributed by atoms with Crippen LogP contribution in [0, 0.1) is 5.82 Å². The van der Waals surface area contributed by atoms with E-state index in [1.165, 1.54) is 6.07 Å². The Bertz CT molecular complexity index is 594. The number of aryl methyl sites for hydroxylation is 1. The van der Waals surface area contributed by atoms with Crippen LogP contribution in [0.15, 0.2) is 30.6 Å². The second kappa shape index (κ2) is 6.72. The number of anilines is 1. The van der Waals surface area contributed by atoms with E-state index < -0.39 is 0 Å². The smallest absolute Gasteiger partial charge is 0.128 e. The van der Waals surface area contributed by atoms with Crippen LogP contribution in [0.25, 0.3) is 0 Å². The number of aromatic nitrogens is 2. The fourth-order valence-electron chi connectivity index (χ4n) is 2.36. The molecule has 0 aliphatic carbocycles. The van der Waals surface area contributed by atoms with Gasteiger partial charge in [0.25, 0.3) is 0 Å². The van der Waals surface area contributed by atoms with Crippen LogP contribution in [0.1, 0.15) is 24.7 Å². The molecule has 1 unspecified atom stereocenters. The van der Waals surface area contributed by atoms with Crippen LogP contribution in [0.3, 0.4) is 0 Å². The molecule has 5 heteroatoms. The lowest BCUT2D eigenvalue weighted by Gasteiger charge is -2.23. The highest BCUT2D eigenvalue weighted by Gasteiger charge is 2.15. The standard InChI is InChI=1S/C16H23FN4/c1-4-12(18)10-13-14(17)6-5-7-15(13)21(3)11-16-19-8-9-20(16)2/h5-9,12H,4,10-11,18H2,1-3H3. The molecular weight excluding hydrogens is 267 g/mol. The van der Waals surface area contributed by atoms with Crippen molar-refractivity contribution in [3.05, 3.63) is 47.8 Å². The molecule has 21 heavy (non-hydrogen) atoms. The van der Waals surface area contributed by atoms with Crippen molar-refractivity contribution >= 4 is 5.69 Å². The lowest BCUT2D eigenvalue weighted by molar-refractivity contribution is 0.577. The SMILES string of the molecule is CCC(N)Cc1c(F)cccc1N(C)Cc1nccn1C. The van der Waals surface area contributed by atoms with E-state index in [0.717, 1.165) is 17.9 Å². The van der Waals surface area contributed by atoms with E-state index in [-0.39, 0.29) is 11.9 Å². The summed E-state index contributed by atoms with van der Waals surface area (Å²) < 4.78 is 16.1. The lowest BCUT2D eigenvalue weighted by Crippen LogP contribution is -2.25. The molecule has 2 rings (SSSR count). The maximum atomic E-state index is 14.2. The van der Waals surface area contributed by atoms with Crippen LogP contribution in [0.5, 0.6) is 0 Å². The van der Waals surface area contributed by atoms with Gasteiger partial charge >= 0.3 is 0 Å². The van der Waals surface area contributed by atoms with E-state index in [0.29, 0.717) is 18.5 Å². The highest BCUT2D eigenvalue weighted by molar-refractivity contribution is 5.54. The summed E-state index contributed by atoms with van der Waals surface area (Å²) in [7, 11) is 3.90. The Hall–Kier alpha value is -1.88. The highest BCUT2D eigenvalue weighted by Crippen LogP contribution is 2.25. The van der Waals surface area contributed by atoms with Crippen molar-refractivity contribution in [3.8, 4) is 0 Å². The van der Waals surface area contributed by atoms with Gasteiger partial charge in [-0.05, 0) is 25.0 Å². The molecule has 2 N–H and O–H groups in total. The predicted molar refractivity (Wildman–Crippen MR) is 83.7 cm³/mol. The number of hydrogen-bond acceptors (Lipinski definition) is 3. The van der Waals surface area contributed by atoms with Crippen molar-refractivity contribution in [1.29, 1.82) is 0 Å². The molecule has 1 aromatic heterocycles. The average Bonchev–Trinajstić information content (AvgIpc) is 2.86. The Morgan fingerprint density at radius 2 is 2.19 bits per heavy atom. The number of benzene rings is 1. The molecular formula is C16H23FN4. The Kier molecular flexibility index (Phi) is 4.96. The first-order valence-electron chi connectivity index (χ1n) is 7.23. The molecule has 4 nitrogen and oxygen atoms in total. The van der Waals surface area contributed by atoms with Gasteiger partial charge in [-0.2, -0.15) is 0 Å². The molecule has 114 valence electrons. The summed E-state index contributed by atoms with van der Waals surface area (Å²) in [6.07, 6.45) is 5.05. The monoisotopic (exact) mass is 290 g/mol. The molecule has 0 amide bonds. The Morgan fingerprint density at radius 3 is 2.81 bits per heavy atom. The third-order valence-electron chi connectivity index (χ3n) is 3.80. The third kappa shape index (κ3) is 3.61. The third-order valence-corrected chi connectivity index (χ3v) is 3.80. The summed E-state index contributed by atoms with van der Waals surface area (Å²) in [5, 5.41) is 0. The van der Waals surface area contributed by atoms with Gasteiger partial charge in [-0.15, -0.1) is 0 Å². The van der Waals surface area contributed by atoms with Gasteiger partial charge in [0.05, 0.1) is 6.54 Å². The van der Waals surface area contributed by atoms with E-state index in [2.05, 4.69) is 4.98 Å². The molecule has 0 bridgehead atoms. The van der Waals surface area contributed by atoms with Gasteiger partial charge in [-0.1, -0.05) is 13.0 Å². The van der Waals surface area contributed by atoms with Crippen LogP contribution >= 0.6 is 0 Å². The first kappa shape index (κ1) is 15.5. The van der Waals surface area contributed by atoms with Gasteiger partial charge < -0.3 is 15.2 Å². The van der Waals surface area contributed by atoms with E-state index >= 15 is 0 Å². The van der Waals surface area contributed by atoms with Crippen molar-refractivity contribution < 1.29 is 4.39 Å². The molecule has 0 spiro atoms. The van der Waals surface area contributed by atoms with Crippen molar-refractivity contribution in [1.82, 2.24) is 9.55 Å². The average molecular weight is 290 g/mol. The molecule has 0 radical (unpaired) electrons. The molecule has 1 heterocycles. The zero-order chi connectivity index (χ0) is 15.4. The van der Waals surface area contributed by atoms with Crippen LogP contribution in [-0.2, 0) is 20.0 Å². The van der Waals surface area contributed by atoms with Crippen molar-refractivity contribution in [3.63, 3.8) is 0 Å². The summed E-state index contributed by atoms with van der Waals surface area (Å²) in [5.41, 5.74) is 7.56. The lowest BCUT2D eigenvalue weighted by atomic mass is 10.0. The quantitative estimate of drug-likeness (QED) is 0.889. The minimum absolute atomic E-state index is 0.0257. The number of hydrogen-bond donors (Lipinski definition) is 1. The Morgan fingerprint density at radius 1 is 1.43 bits per heavy atom. The predicted octanol–water partition coefficient (Wildman–Crippen LogP) is 2.48. The van der Waals surface area contributed by atoms with Gasteiger partial charge in [0.15, 0.2) is 0 Å². The minimum Gasteiger partial charge on any atom is -0.367 e. The summed E-state index contributed by atoms with van der Waals surface area (Å²) in [4.78, 5) is 6.33. The molecule has 0 aliphatic heterocycles. The van der Waals surface area contributed by atoms with Crippen molar-refractivity contribution in [2.45, 2.75) is 32.4 Å². The van der Waals surface area contributed by atoms with Crippen LogP contribution in [0.2, 0.25) is 0 Å². The van der Waals surface area contributed by atoms with Crippen LogP contribution in [0.4, 0.5) is 10.1 Å². The number of nitrogens with two attached hydrogens (primary N) is 1. The maximum absolute atomic E-state index is 14.2. The zero-order valence-corrected chi connectivity index (χ0v) is 12.9. The second-order valence-electron chi connectivity index (χ2n) is 5.42. The Balaban J connectivity index is 2.25. The largest absolute Gasteiger partial charge is 0.367 e. The van der Waals surface area contributed by atoms with Crippen molar-refractivity contribution in [2.24, 2.45) is 12.8 Å². The first-order valence-corrected chi connectivity index (χ1v) is 7.23.